The number of nitrogens with one attached hydrogen (secondary N) is 1. The van der Waals surface area contributed by atoms with Gasteiger partial charge in [-0.05, 0) is 42.8 Å². The lowest BCUT2D eigenvalue weighted by atomic mass is 10.2. The third-order valence-electron chi connectivity index (χ3n) is 2.58. The molecule has 0 atom stereocenters. The van der Waals surface area contributed by atoms with Crippen LogP contribution in [-0.2, 0) is 0 Å². The van der Waals surface area contributed by atoms with Crippen LogP contribution < -0.4 is 15.8 Å². The maximum Gasteiger partial charge on any atom is 0.121 e. The molecular weight excluding hydrogens is 292 g/mol. The average molecular weight is 307 g/mol. The molecular formula is C14H15BrN2O. The summed E-state index contributed by atoms with van der Waals surface area (Å²) in [5, 5.41) is 3.29. The number of hydrogen-bond acceptors (Lipinski definition) is 3. The van der Waals surface area contributed by atoms with Crippen molar-refractivity contribution in [1.29, 1.82) is 0 Å². The summed E-state index contributed by atoms with van der Waals surface area (Å²) in [6, 6.07) is 11.7. The lowest BCUT2D eigenvalue weighted by Gasteiger charge is -2.11. The number of hydrogen-bond donors (Lipinski definition) is 2. The molecule has 0 aliphatic heterocycles. The van der Waals surface area contributed by atoms with Crippen LogP contribution in [0.4, 0.5) is 17.1 Å². The zero-order valence-electron chi connectivity index (χ0n) is 10.3. The van der Waals surface area contributed by atoms with Gasteiger partial charge in [-0.25, -0.2) is 0 Å². The summed E-state index contributed by atoms with van der Waals surface area (Å²) in [7, 11) is 1.62. The van der Waals surface area contributed by atoms with E-state index in [2.05, 4.69) is 33.4 Å². The zero-order valence-corrected chi connectivity index (χ0v) is 11.9. The van der Waals surface area contributed by atoms with Gasteiger partial charge in [0.15, 0.2) is 0 Å². The number of aryl methyl sites for hydroxylation is 1. The fourth-order valence-corrected chi connectivity index (χ4v) is 2.35. The number of anilines is 3. The minimum atomic E-state index is 0.659. The van der Waals surface area contributed by atoms with Crippen molar-refractivity contribution in [2.45, 2.75) is 6.92 Å². The molecule has 3 nitrogen and oxygen atoms in total. The number of rotatable bonds is 3. The lowest BCUT2D eigenvalue weighted by Crippen LogP contribution is -1.97. The first kappa shape index (κ1) is 12.8. The zero-order chi connectivity index (χ0) is 13.1. The van der Waals surface area contributed by atoms with Crippen LogP contribution in [0.2, 0.25) is 0 Å². The highest BCUT2D eigenvalue weighted by Gasteiger charge is 2.03. The van der Waals surface area contributed by atoms with Crippen molar-refractivity contribution in [2.24, 2.45) is 0 Å². The summed E-state index contributed by atoms with van der Waals surface area (Å²) in [6.45, 7) is 2.05. The molecule has 0 amide bonds. The van der Waals surface area contributed by atoms with Gasteiger partial charge < -0.3 is 15.8 Å². The smallest absolute Gasteiger partial charge is 0.121 e. The van der Waals surface area contributed by atoms with E-state index >= 15 is 0 Å². The van der Waals surface area contributed by atoms with E-state index < -0.39 is 0 Å². The third kappa shape index (κ3) is 2.96. The van der Waals surface area contributed by atoms with Crippen molar-refractivity contribution in [2.75, 3.05) is 18.2 Å². The number of halogens is 1. The van der Waals surface area contributed by atoms with E-state index in [1.807, 2.05) is 25.1 Å². The Hall–Kier alpha value is -1.68. The van der Waals surface area contributed by atoms with Gasteiger partial charge in [-0.3, -0.25) is 0 Å². The molecule has 0 aliphatic rings. The van der Waals surface area contributed by atoms with Gasteiger partial charge >= 0.3 is 0 Å². The van der Waals surface area contributed by atoms with Crippen LogP contribution in [0.25, 0.3) is 0 Å². The molecule has 0 spiro atoms. The van der Waals surface area contributed by atoms with Gasteiger partial charge in [-0.15, -0.1) is 0 Å². The first-order chi connectivity index (χ1) is 8.58. The second kappa shape index (κ2) is 5.31. The maximum atomic E-state index is 5.97. The molecule has 0 radical (unpaired) electrons. The van der Waals surface area contributed by atoms with E-state index in [0.717, 1.165) is 21.6 Å². The van der Waals surface area contributed by atoms with Crippen molar-refractivity contribution in [3.63, 3.8) is 0 Å². The van der Waals surface area contributed by atoms with Gasteiger partial charge in [0.25, 0.3) is 0 Å². The molecule has 2 aromatic rings. The SMILES string of the molecule is COc1ccc(Nc2cc(C)cc(Br)c2)c(N)c1. The predicted octanol–water partition coefficient (Wildman–Crippen LogP) is 4.09. The van der Waals surface area contributed by atoms with Crippen molar-refractivity contribution in [3.8, 4) is 5.75 Å². The van der Waals surface area contributed by atoms with Crippen LogP contribution in [0.1, 0.15) is 5.56 Å². The predicted molar refractivity (Wildman–Crippen MR) is 79.6 cm³/mol. The van der Waals surface area contributed by atoms with E-state index in [4.69, 9.17) is 10.5 Å². The molecule has 0 bridgehead atoms. The minimum Gasteiger partial charge on any atom is -0.497 e. The maximum absolute atomic E-state index is 5.97. The molecule has 0 fully saturated rings. The summed E-state index contributed by atoms with van der Waals surface area (Å²) in [4.78, 5) is 0. The standard InChI is InChI=1S/C14H15BrN2O/c1-9-5-10(15)7-11(6-9)17-14-4-3-12(18-2)8-13(14)16/h3-8,17H,16H2,1-2H3. The first-order valence-corrected chi connectivity index (χ1v) is 6.35. The van der Waals surface area contributed by atoms with Gasteiger partial charge in [0.1, 0.15) is 5.75 Å². The topological polar surface area (TPSA) is 47.3 Å². The number of nitrogens with two attached hydrogens (primary N) is 1. The Morgan fingerprint density at radius 2 is 1.94 bits per heavy atom. The van der Waals surface area contributed by atoms with Crippen LogP contribution in [0, 0.1) is 6.92 Å². The fourth-order valence-electron chi connectivity index (χ4n) is 1.75. The molecule has 0 saturated heterocycles. The fraction of sp³-hybridized carbons (Fsp3) is 0.143. The van der Waals surface area contributed by atoms with Crippen LogP contribution >= 0.6 is 15.9 Å². The van der Waals surface area contributed by atoms with E-state index in [-0.39, 0.29) is 0 Å². The Labute approximate surface area is 115 Å². The van der Waals surface area contributed by atoms with E-state index in [1.165, 1.54) is 5.56 Å². The summed E-state index contributed by atoms with van der Waals surface area (Å²) in [5.74, 6) is 0.753. The van der Waals surface area contributed by atoms with Crippen molar-refractivity contribution >= 4 is 33.0 Å². The quantitative estimate of drug-likeness (QED) is 0.840. The van der Waals surface area contributed by atoms with Crippen LogP contribution in [0.5, 0.6) is 5.75 Å². The highest BCUT2D eigenvalue weighted by Crippen LogP contribution is 2.28. The molecule has 2 rings (SSSR count). The van der Waals surface area contributed by atoms with E-state index in [1.54, 1.807) is 13.2 Å². The summed E-state index contributed by atoms with van der Waals surface area (Å²) < 4.78 is 6.16. The third-order valence-corrected chi connectivity index (χ3v) is 3.04. The monoisotopic (exact) mass is 306 g/mol. The van der Waals surface area contributed by atoms with Gasteiger partial charge in [0, 0.05) is 16.2 Å². The Kier molecular flexibility index (Phi) is 3.77. The number of methoxy groups -OCH3 is 1. The lowest BCUT2D eigenvalue weighted by molar-refractivity contribution is 0.415. The normalized spacial score (nSPS) is 10.2. The highest BCUT2D eigenvalue weighted by molar-refractivity contribution is 9.10. The van der Waals surface area contributed by atoms with Crippen molar-refractivity contribution < 1.29 is 4.74 Å². The molecule has 0 aromatic heterocycles. The number of nitrogen functional groups attached to an aromatic ring is 1. The number of ether oxygens (including phenoxy) is 1. The molecule has 2 aromatic carbocycles. The van der Waals surface area contributed by atoms with Crippen molar-refractivity contribution in [3.05, 3.63) is 46.4 Å². The second-order valence-electron chi connectivity index (χ2n) is 4.10. The minimum absolute atomic E-state index is 0.659. The Bertz CT molecular complexity index is 549. The van der Waals surface area contributed by atoms with Gasteiger partial charge in [0.2, 0.25) is 0 Å². The first-order valence-electron chi connectivity index (χ1n) is 5.56. The Morgan fingerprint density at radius 1 is 1.17 bits per heavy atom. The molecule has 0 unspecified atom stereocenters. The second-order valence-corrected chi connectivity index (χ2v) is 5.01. The Balaban J connectivity index is 2.28. The summed E-state index contributed by atoms with van der Waals surface area (Å²) in [5.41, 5.74) is 9.67. The van der Waals surface area contributed by atoms with Crippen molar-refractivity contribution in [1.82, 2.24) is 0 Å². The Morgan fingerprint density at radius 3 is 2.56 bits per heavy atom. The average Bonchev–Trinajstić information content (AvgIpc) is 2.30. The molecule has 18 heavy (non-hydrogen) atoms. The van der Waals surface area contributed by atoms with Gasteiger partial charge in [-0.2, -0.15) is 0 Å². The van der Waals surface area contributed by atoms with Crippen LogP contribution in [0.3, 0.4) is 0 Å². The van der Waals surface area contributed by atoms with E-state index in [0.29, 0.717) is 5.69 Å². The highest BCUT2D eigenvalue weighted by atomic mass is 79.9. The van der Waals surface area contributed by atoms with Crippen LogP contribution in [-0.4, -0.2) is 7.11 Å². The molecule has 3 N–H and O–H groups in total. The van der Waals surface area contributed by atoms with Gasteiger partial charge in [0.05, 0.1) is 18.5 Å². The number of benzene rings is 2. The largest absolute Gasteiger partial charge is 0.497 e. The molecule has 0 heterocycles. The van der Waals surface area contributed by atoms with Gasteiger partial charge in [-0.1, -0.05) is 15.9 Å². The molecule has 4 heteroatoms. The molecule has 94 valence electrons. The van der Waals surface area contributed by atoms with Crippen LogP contribution in [0.15, 0.2) is 40.9 Å². The summed E-state index contributed by atoms with van der Waals surface area (Å²) in [6.07, 6.45) is 0. The summed E-state index contributed by atoms with van der Waals surface area (Å²) >= 11 is 3.48. The van der Waals surface area contributed by atoms with E-state index in [9.17, 15) is 0 Å². The molecule has 0 saturated carbocycles. The molecule has 0 aliphatic carbocycles.